The average Bonchev–Trinajstić information content (AvgIpc) is 3.20. The molecule has 9 heteroatoms. The highest BCUT2D eigenvalue weighted by molar-refractivity contribution is 8.00. The number of ether oxygens (including phenoxy) is 3. The lowest BCUT2D eigenvalue weighted by Crippen LogP contribution is -2.39. The van der Waals surface area contributed by atoms with Crippen LogP contribution < -0.4 is 14.9 Å². The highest BCUT2D eigenvalue weighted by Gasteiger charge is 2.38. The molecular formula is C15H16N4O4S. The standard InChI is InChI=1S/C15H16N4O4S/c1-3-21-14(20)13-12(18-19-8(2)16-17-15(19)24-13)9-4-5-10-11(6-9)23-7-22-10/h4-6,12-13,18H,3,7H2,1-2H3/t12-,13-/m0/s1. The first-order valence-electron chi connectivity index (χ1n) is 7.58. The number of nitrogens with zero attached hydrogens (tertiary/aromatic N) is 3. The van der Waals surface area contributed by atoms with Gasteiger partial charge in [-0.1, -0.05) is 17.8 Å². The van der Waals surface area contributed by atoms with Crippen molar-refractivity contribution in [1.29, 1.82) is 0 Å². The van der Waals surface area contributed by atoms with Gasteiger partial charge in [0.25, 0.3) is 0 Å². The Balaban J connectivity index is 1.72. The number of aryl methyl sites for hydroxylation is 1. The van der Waals surface area contributed by atoms with E-state index in [0.717, 1.165) is 11.4 Å². The van der Waals surface area contributed by atoms with Crippen LogP contribution in [-0.2, 0) is 9.53 Å². The number of aromatic nitrogens is 3. The molecule has 0 spiro atoms. The molecule has 0 radical (unpaired) electrons. The Morgan fingerprint density at radius 3 is 3.08 bits per heavy atom. The largest absolute Gasteiger partial charge is 0.465 e. The molecule has 0 aliphatic carbocycles. The van der Waals surface area contributed by atoms with Crippen molar-refractivity contribution >= 4 is 17.7 Å². The Hall–Kier alpha value is -2.42. The second-order valence-electron chi connectivity index (χ2n) is 5.38. The van der Waals surface area contributed by atoms with E-state index in [1.807, 2.05) is 25.1 Å². The fourth-order valence-corrected chi connectivity index (χ4v) is 3.84. The highest BCUT2D eigenvalue weighted by atomic mass is 32.2. The number of carbonyl (C=O) groups is 1. The third kappa shape index (κ3) is 2.44. The monoisotopic (exact) mass is 348 g/mol. The molecule has 0 saturated heterocycles. The molecule has 3 heterocycles. The Kier molecular flexibility index (Phi) is 3.72. The summed E-state index contributed by atoms with van der Waals surface area (Å²) in [4.78, 5) is 12.4. The molecular weight excluding hydrogens is 332 g/mol. The van der Waals surface area contributed by atoms with Gasteiger partial charge >= 0.3 is 5.97 Å². The maximum absolute atomic E-state index is 12.4. The van der Waals surface area contributed by atoms with E-state index in [0.29, 0.717) is 23.3 Å². The van der Waals surface area contributed by atoms with Gasteiger partial charge in [-0.05, 0) is 31.5 Å². The molecule has 2 aromatic rings. The highest BCUT2D eigenvalue weighted by Crippen LogP contribution is 2.41. The Bertz CT molecular complexity index is 794. The quantitative estimate of drug-likeness (QED) is 0.838. The van der Waals surface area contributed by atoms with E-state index in [9.17, 15) is 4.79 Å². The summed E-state index contributed by atoms with van der Waals surface area (Å²) >= 11 is 1.34. The maximum atomic E-state index is 12.4. The number of hydrogen-bond donors (Lipinski definition) is 1. The van der Waals surface area contributed by atoms with Gasteiger partial charge in [-0.3, -0.25) is 4.79 Å². The summed E-state index contributed by atoms with van der Waals surface area (Å²) in [6.45, 7) is 4.18. The third-order valence-electron chi connectivity index (χ3n) is 3.87. The number of hydrogen-bond acceptors (Lipinski definition) is 8. The second kappa shape index (κ2) is 5.90. The maximum Gasteiger partial charge on any atom is 0.322 e. The predicted octanol–water partition coefficient (Wildman–Crippen LogP) is 1.64. The molecule has 8 nitrogen and oxygen atoms in total. The van der Waals surface area contributed by atoms with Crippen molar-refractivity contribution in [3.05, 3.63) is 29.6 Å². The van der Waals surface area contributed by atoms with Crippen LogP contribution in [0.1, 0.15) is 24.4 Å². The van der Waals surface area contributed by atoms with Gasteiger partial charge in [0.05, 0.1) is 12.6 Å². The third-order valence-corrected chi connectivity index (χ3v) is 5.07. The van der Waals surface area contributed by atoms with Crippen molar-refractivity contribution in [2.75, 3.05) is 18.8 Å². The van der Waals surface area contributed by atoms with Crippen LogP contribution in [0.3, 0.4) is 0 Å². The minimum Gasteiger partial charge on any atom is -0.465 e. The SMILES string of the molecule is CCOC(=O)[C@H]1Sc2nnc(C)n2N[C@H]1c1ccc2c(c1)OCO2. The molecule has 2 atom stereocenters. The summed E-state index contributed by atoms with van der Waals surface area (Å²) in [5.41, 5.74) is 4.22. The molecule has 126 valence electrons. The molecule has 0 bridgehead atoms. The lowest BCUT2D eigenvalue weighted by Gasteiger charge is -2.32. The molecule has 1 N–H and O–H groups in total. The minimum absolute atomic E-state index is 0.210. The molecule has 2 aliphatic heterocycles. The molecule has 24 heavy (non-hydrogen) atoms. The van der Waals surface area contributed by atoms with Gasteiger partial charge in [0, 0.05) is 0 Å². The van der Waals surface area contributed by atoms with E-state index in [2.05, 4.69) is 15.6 Å². The van der Waals surface area contributed by atoms with Crippen LogP contribution in [0.2, 0.25) is 0 Å². The molecule has 2 aliphatic rings. The van der Waals surface area contributed by atoms with Crippen molar-refractivity contribution in [2.45, 2.75) is 30.3 Å². The minimum atomic E-state index is -0.471. The first-order valence-corrected chi connectivity index (χ1v) is 8.46. The molecule has 0 saturated carbocycles. The average molecular weight is 348 g/mol. The Morgan fingerprint density at radius 1 is 1.42 bits per heavy atom. The first kappa shape index (κ1) is 15.1. The van der Waals surface area contributed by atoms with E-state index in [4.69, 9.17) is 14.2 Å². The van der Waals surface area contributed by atoms with E-state index in [1.165, 1.54) is 11.8 Å². The summed E-state index contributed by atoms with van der Waals surface area (Å²) < 4.78 is 17.8. The second-order valence-corrected chi connectivity index (χ2v) is 6.48. The smallest absolute Gasteiger partial charge is 0.322 e. The fourth-order valence-electron chi connectivity index (χ4n) is 2.72. The number of esters is 1. The summed E-state index contributed by atoms with van der Waals surface area (Å²) in [5.74, 6) is 1.82. The van der Waals surface area contributed by atoms with Crippen molar-refractivity contribution in [1.82, 2.24) is 14.9 Å². The van der Waals surface area contributed by atoms with Crippen LogP contribution >= 0.6 is 11.8 Å². The topological polar surface area (TPSA) is 87.5 Å². The predicted molar refractivity (Wildman–Crippen MR) is 85.7 cm³/mol. The van der Waals surface area contributed by atoms with Gasteiger partial charge in [-0.15, -0.1) is 10.2 Å². The number of carbonyl (C=O) groups excluding carboxylic acids is 1. The van der Waals surface area contributed by atoms with Crippen molar-refractivity contribution < 1.29 is 19.0 Å². The summed E-state index contributed by atoms with van der Waals surface area (Å²) in [6.07, 6.45) is 0. The van der Waals surface area contributed by atoms with Gasteiger partial charge < -0.3 is 19.6 Å². The van der Waals surface area contributed by atoms with Crippen LogP contribution in [-0.4, -0.2) is 39.5 Å². The van der Waals surface area contributed by atoms with Crippen molar-refractivity contribution in [3.8, 4) is 11.5 Å². The van der Waals surface area contributed by atoms with Crippen LogP contribution in [0.5, 0.6) is 11.5 Å². The Labute approximate surface area is 142 Å². The number of benzene rings is 1. The van der Waals surface area contributed by atoms with Gasteiger partial charge in [-0.2, -0.15) is 0 Å². The van der Waals surface area contributed by atoms with Crippen LogP contribution in [0.25, 0.3) is 0 Å². The zero-order chi connectivity index (χ0) is 16.7. The normalized spacial score (nSPS) is 21.1. The summed E-state index contributed by atoms with van der Waals surface area (Å²) in [5, 5.41) is 8.32. The lowest BCUT2D eigenvalue weighted by atomic mass is 10.0. The summed E-state index contributed by atoms with van der Waals surface area (Å²) in [6, 6.07) is 5.35. The van der Waals surface area contributed by atoms with Gasteiger partial charge in [0.15, 0.2) is 11.5 Å². The van der Waals surface area contributed by atoms with Crippen molar-refractivity contribution in [2.24, 2.45) is 0 Å². The number of thioether (sulfide) groups is 1. The van der Waals surface area contributed by atoms with E-state index < -0.39 is 5.25 Å². The van der Waals surface area contributed by atoms with E-state index in [-0.39, 0.29) is 18.8 Å². The number of fused-ring (bicyclic) bond motifs is 2. The molecule has 0 fully saturated rings. The molecule has 0 unspecified atom stereocenters. The van der Waals surface area contributed by atoms with Gasteiger partial charge in [0.1, 0.15) is 11.1 Å². The Morgan fingerprint density at radius 2 is 2.25 bits per heavy atom. The molecule has 1 aromatic carbocycles. The van der Waals surface area contributed by atoms with Gasteiger partial charge in [-0.25, -0.2) is 4.68 Å². The zero-order valence-electron chi connectivity index (χ0n) is 13.2. The first-order chi connectivity index (χ1) is 11.7. The zero-order valence-corrected chi connectivity index (χ0v) is 14.0. The van der Waals surface area contributed by atoms with Crippen molar-refractivity contribution in [3.63, 3.8) is 0 Å². The number of nitrogens with one attached hydrogen (secondary N) is 1. The van der Waals surface area contributed by atoms with E-state index >= 15 is 0 Å². The van der Waals surface area contributed by atoms with Gasteiger partial charge in [0.2, 0.25) is 11.9 Å². The van der Waals surface area contributed by atoms with E-state index in [1.54, 1.807) is 11.6 Å². The lowest BCUT2D eigenvalue weighted by molar-refractivity contribution is -0.142. The van der Waals surface area contributed by atoms with Crippen LogP contribution in [0, 0.1) is 6.92 Å². The molecule has 4 rings (SSSR count). The molecule has 1 aromatic heterocycles. The summed E-state index contributed by atoms with van der Waals surface area (Å²) in [7, 11) is 0. The number of rotatable bonds is 3. The van der Waals surface area contributed by atoms with Crippen LogP contribution in [0.4, 0.5) is 0 Å². The fraction of sp³-hybridized carbons (Fsp3) is 0.400. The van der Waals surface area contributed by atoms with Crippen LogP contribution in [0.15, 0.2) is 23.4 Å². The molecule has 0 amide bonds.